The van der Waals surface area contributed by atoms with Gasteiger partial charge in [-0.3, -0.25) is 4.79 Å². The quantitative estimate of drug-likeness (QED) is 0.766. The van der Waals surface area contributed by atoms with E-state index in [1.807, 2.05) is 0 Å². The summed E-state index contributed by atoms with van der Waals surface area (Å²) >= 11 is 11.0. The first-order valence-electron chi connectivity index (χ1n) is 4.28. The fraction of sp³-hybridized carbons (Fsp3) is 0.300. The van der Waals surface area contributed by atoms with Gasteiger partial charge in [0.1, 0.15) is 0 Å². The Morgan fingerprint density at radius 1 is 1.31 bits per heavy atom. The smallest absolute Gasteiger partial charge is 0.298 e. The van der Waals surface area contributed by atoms with Crippen LogP contribution in [0.4, 0.5) is 13.2 Å². The first-order valence-corrected chi connectivity index (χ1v) is 5.19. The van der Waals surface area contributed by atoms with Crippen LogP contribution in [0.25, 0.3) is 0 Å². The average Bonchev–Trinajstić information content (AvgIpc) is 2.19. The number of carbonyl (C=O) groups is 1. The van der Waals surface area contributed by atoms with Crippen LogP contribution in [0.1, 0.15) is 11.1 Å². The molecule has 0 bridgehead atoms. The van der Waals surface area contributed by atoms with Crippen LogP contribution < -0.4 is 0 Å². The molecule has 0 amide bonds. The minimum absolute atomic E-state index is 0.131. The highest BCUT2D eigenvalue weighted by molar-refractivity contribution is 6.32. The molecule has 0 heterocycles. The number of rotatable bonds is 3. The third-order valence-electron chi connectivity index (χ3n) is 1.91. The summed E-state index contributed by atoms with van der Waals surface area (Å²) in [6.45, 7) is 0. The van der Waals surface area contributed by atoms with Crippen molar-refractivity contribution in [3.63, 3.8) is 0 Å². The third-order valence-corrected chi connectivity index (χ3v) is 2.58. The second-order valence-electron chi connectivity index (χ2n) is 3.15. The Balaban J connectivity index is 3.04. The van der Waals surface area contributed by atoms with E-state index in [2.05, 4.69) is 0 Å². The fourth-order valence-corrected chi connectivity index (χ4v) is 1.43. The molecule has 1 aromatic carbocycles. The van der Waals surface area contributed by atoms with E-state index in [-0.39, 0.29) is 28.7 Å². The molecule has 16 heavy (non-hydrogen) atoms. The van der Waals surface area contributed by atoms with E-state index >= 15 is 0 Å². The highest BCUT2D eigenvalue weighted by Crippen LogP contribution is 2.31. The first-order chi connectivity index (χ1) is 7.34. The Labute approximate surface area is 100 Å². The van der Waals surface area contributed by atoms with Crippen LogP contribution in [0.5, 0.6) is 0 Å². The van der Waals surface area contributed by atoms with Gasteiger partial charge >= 0.3 is 6.18 Å². The van der Waals surface area contributed by atoms with Crippen molar-refractivity contribution in [3.8, 4) is 0 Å². The molecule has 0 fully saturated rings. The zero-order valence-corrected chi connectivity index (χ0v) is 9.46. The maximum absolute atomic E-state index is 12.4. The van der Waals surface area contributed by atoms with Crippen LogP contribution in [0.15, 0.2) is 18.2 Å². The van der Waals surface area contributed by atoms with Crippen molar-refractivity contribution in [1.29, 1.82) is 0 Å². The molecule has 0 aliphatic heterocycles. The largest absolute Gasteiger partial charge is 0.416 e. The summed E-state index contributed by atoms with van der Waals surface area (Å²) in [6.07, 6.45) is -4.63. The zero-order chi connectivity index (χ0) is 12.3. The van der Waals surface area contributed by atoms with Gasteiger partial charge in [0.2, 0.25) is 0 Å². The van der Waals surface area contributed by atoms with Crippen molar-refractivity contribution >= 4 is 29.0 Å². The Bertz CT molecular complexity index is 402. The lowest BCUT2D eigenvalue weighted by atomic mass is 10.1. The maximum atomic E-state index is 12.4. The summed E-state index contributed by atoms with van der Waals surface area (Å²) in [4.78, 5) is 11.0. The summed E-state index contributed by atoms with van der Waals surface area (Å²) < 4.78 is 37.1. The molecule has 0 aromatic heterocycles. The molecule has 1 nitrogen and oxygen atoms in total. The summed E-state index contributed by atoms with van der Waals surface area (Å²) in [7, 11) is 0. The van der Waals surface area contributed by atoms with E-state index in [0.29, 0.717) is 0 Å². The van der Waals surface area contributed by atoms with E-state index in [4.69, 9.17) is 23.2 Å². The highest BCUT2D eigenvalue weighted by Gasteiger charge is 2.30. The van der Waals surface area contributed by atoms with Gasteiger partial charge in [-0.1, -0.05) is 11.6 Å². The molecule has 0 radical (unpaired) electrons. The van der Waals surface area contributed by atoms with E-state index in [1.165, 1.54) is 0 Å². The normalized spacial score (nSPS) is 11.6. The SMILES string of the molecule is O=C(CCl)Cc1cc(C(F)(F)F)ccc1Cl. The number of Topliss-reactive ketones (excluding diaryl/α,β-unsaturated/α-hetero) is 1. The summed E-state index contributed by atoms with van der Waals surface area (Å²) in [5, 5.41) is 0.131. The Kier molecular flexibility index (Phi) is 4.21. The summed E-state index contributed by atoms with van der Waals surface area (Å²) in [5.41, 5.74) is -0.684. The van der Waals surface area contributed by atoms with Gasteiger partial charge < -0.3 is 0 Å². The van der Waals surface area contributed by atoms with E-state index in [0.717, 1.165) is 18.2 Å². The predicted octanol–water partition coefficient (Wildman–Crippen LogP) is 3.71. The number of hydrogen-bond acceptors (Lipinski definition) is 1. The highest BCUT2D eigenvalue weighted by atomic mass is 35.5. The first kappa shape index (κ1) is 13.3. The second kappa shape index (κ2) is 5.06. The minimum Gasteiger partial charge on any atom is -0.298 e. The lowest BCUT2D eigenvalue weighted by molar-refractivity contribution is -0.137. The molecule has 0 aliphatic carbocycles. The summed E-state index contributed by atoms with van der Waals surface area (Å²) in [5.74, 6) is -0.616. The van der Waals surface area contributed by atoms with Gasteiger partial charge in [-0.25, -0.2) is 0 Å². The number of benzene rings is 1. The topological polar surface area (TPSA) is 17.1 Å². The standard InChI is InChI=1S/C10H7Cl2F3O/c11-5-8(16)4-6-3-7(10(13,14)15)1-2-9(6)12/h1-3H,4-5H2. The van der Waals surface area contributed by atoms with Crippen molar-refractivity contribution in [2.45, 2.75) is 12.6 Å². The molecule has 1 aromatic rings. The van der Waals surface area contributed by atoms with Gasteiger partial charge in [-0.05, 0) is 23.8 Å². The number of carbonyl (C=O) groups excluding carboxylic acids is 1. The molecule has 6 heteroatoms. The molecule has 0 atom stereocenters. The number of halogens is 5. The van der Waals surface area contributed by atoms with E-state index in [1.54, 1.807) is 0 Å². The van der Waals surface area contributed by atoms with Crippen molar-refractivity contribution < 1.29 is 18.0 Å². The second-order valence-corrected chi connectivity index (χ2v) is 3.83. The Morgan fingerprint density at radius 3 is 2.44 bits per heavy atom. The molecule has 0 saturated heterocycles. The summed E-state index contributed by atoms with van der Waals surface area (Å²) in [6, 6.07) is 2.87. The maximum Gasteiger partial charge on any atom is 0.416 e. The van der Waals surface area contributed by atoms with Gasteiger partial charge in [-0.15, -0.1) is 11.6 Å². The molecule has 0 saturated carbocycles. The molecular formula is C10H7Cl2F3O. The van der Waals surface area contributed by atoms with Crippen molar-refractivity contribution in [3.05, 3.63) is 34.3 Å². The van der Waals surface area contributed by atoms with Gasteiger partial charge in [0.15, 0.2) is 5.78 Å². The van der Waals surface area contributed by atoms with Gasteiger partial charge in [0, 0.05) is 11.4 Å². The predicted molar refractivity (Wildman–Crippen MR) is 55.9 cm³/mol. The number of hydrogen-bond donors (Lipinski definition) is 0. The lowest BCUT2D eigenvalue weighted by Crippen LogP contribution is -2.08. The average molecular weight is 271 g/mol. The van der Waals surface area contributed by atoms with Crippen LogP contribution >= 0.6 is 23.2 Å². The molecule has 0 unspecified atom stereocenters. The molecule has 0 spiro atoms. The van der Waals surface area contributed by atoms with Crippen molar-refractivity contribution in [2.75, 3.05) is 5.88 Å². The Morgan fingerprint density at radius 2 is 1.94 bits per heavy atom. The number of alkyl halides is 4. The van der Waals surface area contributed by atoms with Crippen LogP contribution in [0, 0.1) is 0 Å². The molecular weight excluding hydrogens is 264 g/mol. The van der Waals surface area contributed by atoms with Gasteiger partial charge in [0.05, 0.1) is 11.4 Å². The molecule has 0 aliphatic rings. The minimum atomic E-state index is -4.44. The molecule has 1 rings (SSSR count). The van der Waals surface area contributed by atoms with Gasteiger partial charge in [0.25, 0.3) is 0 Å². The van der Waals surface area contributed by atoms with Crippen molar-refractivity contribution in [1.82, 2.24) is 0 Å². The number of ketones is 1. The van der Waals surface area contributed by atoms with Crippen LogP contribution in [-0.2, 0) is 17.4 Å². The Hall–Kier alpha value is -0.740. The molecule has 0 N–H and O–H groups in total. The van der Waals surface area contributed by atoms with Gasteiger partial charge in [-0.2, -0.15) is 13.2 Å². The lowest BCUT2D eigenvalue weighted by Gasteiger charge is -2.09. The van der Waals surface area contributed by atoms with E-state index in [9.17, 15) is 18.0 Å². The van der Waals surface area contributed by atoms with E-state index < -0.39 is 11.7 Å². The van der Waals surface area contributed by atoms with Crippen molar-refractivity contribution in [2.24, 2.45) is 0 Å². The van der Waals surface area contributed by atoms with Crippen LogP contribution in [-0.4, -0.2) is 11.7 Å². The zero-order valence-electron chi connectivity index (χ0n) is 7.94. The monoisotopic (exact) mass is 270 g/mol. The van der Waals surface area contributed by atoms with Crippen LogP contribution in [0.3, 0.4) is 0 Å². The third kappa shape index (κ3) is 3.39. The fourth-order valence-electron chi connectivity index (χ4n) is 1.15. The van der Waals surface area contributed by atoms with Crippen LogP contribution in [0.2, 0.25) is 5.02 Å². The molecule has 88 valence electrons.